The average Bonchev–Trinajstić information content (AvgIpc) is 3.18. The van der Waals surface area contributed by atoms with Crippen LogP contribution in [0.4, 0.5) is 13.2 Å². The van der Waals surface area contributed by atoms with Crippen LogP contribution in [0.15, 0.2) is 30.3 Å². The minimum atomic E-state index is -5.08. The van der Waals surface area contributed by atoms with Gasteiger partial charge in [0.15, 0.2) is 6.04 Å². The Balaban J connectivity index is 2.34. The number of rotatable bonds is 5. The van der Waals surface area contributed by atoms with Gasteiger partial charge in [0, 0.05) is 13.0 Å². The van der Waals surface area contributed by atoms with Gasteiger partial charge >= 0.3 is 18.1 Å². The zero-order valence-electron chi connectivity index (χ0n) is 15.9. The number of nitrogens with zero attached hydrogens (tertiary/aromatic N) is 2. The van der Waals surface area contributed by atoms with Crippen LogP contribution in [-0.2, 0) is 23.9 Å². The zero-order valence-corrected chi connectivity index (χ0v) is 15.9. The van der Waals surface area contributed by atoms with E-state index in [0.717, 1.165) is 5.01 Å². The van der Waals surface area contributed by atoms with Crippen LogP contribution < -0.4 is 0 Å². The van der Waals surface area contributed by atoms with Gasteiger partial charge in [-0.25, -0.2) is 5.01 Å². The summed E-state index contributed by atoms with van der Waals surface area (Å²) in [4.78, 5) is 38.6. The highest BCUT2D eigenvalue weighted by Crippen LogP contribution is 2.57. The first-order valence-electron chi connectivity index (χ1n) is 9.25. The standard InChI is InChI=1S/C19H21F3N2O5/c1-3-28-16(26)18(17(27)29-4-2)14(12-8-6-5-7-9-12)23-11-10-13(25)24(23)15(18)19(20,21)22/h5-9,14-15H,3-4,10-11H2,1-2H3/t14-,15+/m0/s1. The van der Waals surface area contributed by atoms with Crippen LogP contribution >= 0.6 is 0 Å². The molecule has 3 rings (SSSR count). The van der Waals surface area contributed by atoms with Gasteiger partial charge in [-0.2, -0.15) is 13.2 Å². The maximum Gasteiger partial charge on any atom is 0.412 e. The molecule has 1 aromatic rings. The van der Waals surface area contributed by atoms with Crippen LogP contribution in [0.5, 0.6) is 0 Å². The molecule has 29 heavy (non-hydrogen) atoms. The molecule has 0 aliphatic carbocycles. The minimum Gasteiger partial charge on any atom is -0.465 e. The van der Waals surface area contributed by atoms with Gasteiger partial charge < -0.3 is 9.47 Å². The van der Waals surface area contributed by atoms with E-state index in [2.05, 4.69) is 0 Å². The van der Waals surface area contributed by atoms with E-state index >= 15 is 0 Å². The van der Waals surface area contributed by atoms with Crippen molar-refractivity contribution in [1.82, 2.24) is 10.0 Å². The second-order valence-electron chi connectivity index (χ2n) is 6.72. The molecule has 158 valence electrons. The Morgan fingerprint density at radius 1 is 1.10 bits per heavy atom. The molecule has 2 atom stereocenters. The third-order valence-corrected chi connectivity index (χ3v) is 5.14. The quantitative estimate of drug-likeness (QED) is 0.543. The van der Waals surface area contributed by atoms with E-state index in [4.69, 9.17) is 9.47 Å². The Hall–Kier alpha value is -2.62. The monoisotopic (exact) mass is 414 g/mol. The van der Waals surface area contributed by atoms with Gasteiger partial charge in [-0.05, 0) is 19.4 Å². The summed E-state index contributed by atoms with van der Waals surface area (Å²) >= 11 is 0. The number of alkyl halides is 3. The van der Waals surface area contributed by atoms with Crippen LogP contribution in [0.1, 0.15) is 31.9 Å². The second kappa shape index (κ2) is 7.66. The lowest BCUT2D eigenvalue weighted by Gasteiger charge is -2.35. The third kappa shape index (κ3) is 3.15. The fourth-order valence-corrected chi connectivity index (χ4v) is 4.20. The number of ether oxygens (including phenoxy) is 2. The molecule has 7 nitrogen and oxygen atoms in total. The van der Waals surface area contributed by atoms with Crippen molar-refractivity contribution in [1.29, 1.82) is 0 Å². The van der Waals surface area contributed by atoms with Crippen molar-refractivity contribution in [2.24, 2.45) is 5.41 Å². The van der Waals surface area contributed by atoms with Crippen LogP contribution in [-0.4, -0.2) is 59.8 Å². The molecule has 2 fully saturated rings. The SMILES string of the molecule is CCOC(=O)C1(C(=O)OCC)[C@H](c2ccccc2)N2CCC(=O)N2[C@H]1C(F)(F)F. The number of hydrogen-bond acceptors (Lipinski definition) is 6. The lowest BCUT2D eigenvalue weighted by atomic mass is 9.71. The van der Waals surface area contributed by atoms with E-state index in [-0.39, 0.29) is 31.7 Å². The predicted octanol–water partition coefficient (Wildman–Crippen LogP) is 2.23. The fourth-order valence-electron chi connectivity index (χ4n) is 4.20. The summed E-state index contributed by atoms with van der Waals surface area (Å²) in [5.41, 5.74) is -2.53. The van der Waals surface area contributed by atoms with E-state index in [1.807, 2.05) is 0 Å². The first-order chi connectivity index (χ1) is 13.7. The lowest BCUT2D eigenvalue weighted by Crippen LogP contribution is -2.60. The Morgan fingerprint density at radius 3 is 2.14 bits per heavy atom. The summed E-state index contributed by atoms with van der Waals surface area (Å²) in [5.74, 6) is -3.54. The van der Waals surface area contributed by atoms with Gasteiger partial charge in [0.05, 0.1) is 19.3 Å². The first kappa shape index (κ1) is 21.1. The van der Waals surface area contributed by atoms with E-state index in [1.54, 1.807) is 18.2 Å². The first-order valence-corrected chi connectivity index (χ1v) is 9.25. The number of hydrogen-bond donors (Lipinski definition) is 0. The van der Waals surface area contributed by atoms with Crippen molar-refractivity contribution in [2.75, 3.05) is 19.8 Å². The Kier molecular flexibility index (Phi) is 5.57. The van der Waals surface area contributed by atoms with Crippen molar-refractivity contribution >= 4 is 17.8 Å². The number of carbonyl (C=O) groups is 3. The number of amides is 1. The molecular formula is C19H21F3N2O5. The van der Waals surface area contributed by atoms with Crippen molar-refractivity contribution < 1.29 is 37.0 Å². The van der Waals surface area contributed by atoms with Gasteiger partial charge in [0.1, 0.15) is 0 Å². The highest BCUT2D eigenvalue weighted by Gasteiger charge is 2.78. The highest BCUT2D eigenvalue weighted by atomic mass is 19.4. The van der Waals surface area contributed by atoms with E-state index < -0.39 is 41.5 Å². The Morgan fingerprint density at radius 2 is 1.66 bits per heavy atom. The van der Waals surface area contributed by atoms with Crippen LogP contribution in [0.3, 0.4) is 0 Å². The molecule has 1 amide bonds. The van der Waals surface area contributed by atoms with Crippen molar-refractivity contribution in [3.63, 3.8) is 0 Å². The van der Waals surface area contributed by atoms with Crippen molar-refractivity contribution in [3.8, 4) is 0 Å². The number of benzene rings is 1. The van der Waals surface area contributed by atoms with Gasteiger partial charge in [-0.1, -0.05) is 30.3 Å². The molecule has 0 saturated carbocycles. The molecule has 0 spiro atoms. The summed E-state index contributed by atoms with van der Waals surface area (Å²) in [7, 11) is 0. The largest absolute Gasteiger partial charge is 0.465 e. The lowest BCUT2D eigenvalue weighted by molar-refractivity contribution is -0.221. The smallest absolute Gasteiger partial charge is 0.412 e. The zero-order chi connectivity index (χ0) is 21.4. The molecule has 2 aliphatic heterocycles. The fraction of sp³-hybridized carbons (Fsp3) is 0.526. The summed E-state index contributed by atoms with van der Waals surface area (Å²) in [6.45, 7) is 2.32. The molecule has 10 heteroatoms. The van der Waals surface area contributed by atoms with Gasteiger partial charge in [-0.15, -0.1) is 0 Å². The van der Waals surface area contributed by atoms with E-state index in [1.165, 1.54) is 26.0 Å². The third-order valence-electron chi connectivity index (χ3n) is 5.14. The molecule has 0 unspecified atom stereocenters. The van der Waals surface area contributed by atoms with Crippen LogP contribution in [0.25, 0.3) is 0 Å². The number of hydrazine groups is 1. The maximum absolute atomic E-state index is 14.3. The van der Waals surface area contributed by atoms with Gasteiger partial charge in [0.25, 0.3) is 0 Å². The molecule has 1 aromatic carbocycles. The number of esters is 2. The second-order valence-corrected chi connectivity index (χ2v) is 6.72. The normalized spacial score (nSPS) is 23.8. The summed E-state index contributed by atoms with van der Waals surface area (Å²) in [5, 5.41) is 1.63. The number of carbonyl (C=O) groups excluding carboxylic acids is 3. The predicted molar refractivity (Wildman–Crippen MR) is 92.9 cm³/mol. The molecule has 0 N–H and O–H groups in total. The molecule has 0 aromatic heterocycles. The summed E-state index contributed by atoms with van der Waals surface area (Å²) < 4.78 is 52.9. The molecule has 2 heterocycles. The molecule has 2 saturated heterocycles. The molecule has 0 radical (unpaired) electrons. The average molecular weight is 414 g/mol. The van der Waals surface area contributed by atoms with Gasteiger partial charge in [0.2, 0.25) is 11.3 Å². The summed E-state index contributed by atoms with van der Waals surface area (Å²) in [6.07, 6.45) is -5.24. The van der Waals surface area contributed by atoms with Crippen molar-refractivity contribution in [3.05, 3.63) is 35.9 Å². The summed E-state index contributed by atoms with van der Waals surface area (Å²) in [6, 6.07) is 3.71. The molecule has 0 bridgehead atoms. The Labute approximate surface area is 165 Å². The van der Waals surface area contributed by atoms with Gasteiger partial charge in [-0.3, -0.25) is 19.4 Å². The number of fused-ring (bicyclic) bond motifs is 1. The minimum absolute atomic E-state index is 0.0640. The van der Waals surface area contributed by atoms with E-state index in [9.17, 15) is 27.6 Å². The number of halogens is 3. The maximum atomic E-state index is 14.3. The van der Waals surface area contributed by atoms with Crippen LogP contribution in [0.2, 0.25) is 0 Å². The molecule has 2 aliphatic rings. The van der Waals surface area contributed by atoms with E-state index in [0.29, 0.717) is 5.01 Å². The van der Waals surface area contributed by atoms with Crippen molar-refractivity contribution in [2.45, 2.75) is 38.5 Å². The topological polar surface area (TPSA) is 76.2 Å². The Bertz CT molecular complexity index is 781. The highest BCUT2D eigenvalue weighted by molar-refractivity contribution is 6.04. The molecular weight excluding hydrogens is 393 g/mol. The van der Waals surface area contributed by atoms with Crippen LogP contribution in [0, 0.1) is 5.41 Å².